The lowest BCUT2D eigenvalue weighted by molar-refractivity contribution is -0.121. The molecule has 1 aromatic heterocycles. The number of rotatable bonds is 5. The predicted molar refractivity (Wildman–Crippen MR) is 62.7 cm³/mol. The third-order valence-corrected chi connectivity index (χ3v) is 2.59. The van der Waals surface area contributed by atoms with Crippen LogP contribution in [0.2, 0.25) is 0 Å². The van der Waals surface area contributed by atoms with Crippen molar-refractivity contribution in [2.45, 2.75) is 26.7 Å². The number of amides is 1. The smallest absolute Gasteiger partial charge is 0.220 e. The molecule has 0 aliphatic heterocycles. The fourth-order valence-corrected chi connectivity index (χ4v) is 1.81. The van der Waals surface area contributed by atoms with Crippen LogP contribution >= 0.6 is 11.3 Å². The van der Waals surface area contributed by atoms with Gasteiger partial charge in [0.15, 0.2) is 5.13 Å². The van der Waals surface area contributed by atoms with E-state index in [4.69, 9.17) is 5.73 Å². The first-order chi connectivity index (χ1) is 7.08. The second-order valence-electron chi connectivity index (χ2n) is 3.88. The van der Waals surface area contributed by atoms with E-state index in [0.717, 1.165) is 12.1 Å². The molecule has 0 aliphatic rings. The van der Waals surface area contributed by atoms with Crippen LogP contribution in [-0.4, -0.2) is 17.4 Å². The standard InChI is InChI=1S/C10H17N3OS/c1-7(2)5-9(14)12-4-3-8-6-15-10(11)13-8/h6-7H,3-5H2,1-2H3,(H2,11,13)(H,12,14). The number of nitrogens with one attached hydrogen (secondary N) is 1. The summed E-state index contributed by atoms with van der Waals surface area (Å²) in [6.45, 7) is 4.69. The van der Waals surface area contributed by atoms with E-state index in [1.807, 2.05) is 19.2 Å². The van der Waals surface area contributed by atoms with E-state index in [0.29, 0.717) is 24.0 Å². The lowest BCUT2D eigenvalue weighted by Crippen LogP contribution is -2.26. The van der Waals surface area contributed by atoms with E-state index in [2.05, 4.69) is 10.3 Å². The van der Waals surface area contributed by atoms with Crippen LogP contribution in [0, 0.1) is 5.92 Å². The van der Waals surface area contributed by atoms with E-state index in [1.54, 1.807) is 0 Å². The molecule has 0 spiro atoms. The average molecular weight is 227 g/mol. The molecule has 0 saturated heterocycles. The minimum Gasteiger partial charge on any atom is -0.375 e. The van der Waals surface area contributed by atoms with Crippen LogP contribution in [0.25, 0.3) is 0 Å². The van der Waals surface area contributed by atoms with Gasteiger partial charge in [-0.15, -0.1) is 11.3 Å². The number of nitrogens with two attached hydrogens (primary N) is 1. The maximum Gasteiger partial charge on any atom is 0.220 e. The van der Waals surface area contributed by atoms with Gasteiger partial charge in [-0.05, 0) is 5.92 Å². The van der Waals surface area contributed by atoms with Gasteiger partial charge in [0.1, 0.15) is 0 Å². The third-order valence-electron chi connectivity index (χ3n) is 1.87. The number of carbonyl (C=O) groups is 1. The minimum atomic E-state index is 0.105. The van der Waals surface area contributed by atoms with Gasteiger partial charge in [0.25, 0.3) is 0 Å². The molecule has 0 fully saturated rings. The third kappa shape index (κ3) is 4.78. The number of nitrogen functional groups attached to an aromatic ring is 1. The Labute approximate surface area is 93.9 Å². The molecule has 15 heavy (non-hydrogen) atoms. The van der Waals surface area contributed by atoms with Gasteiger partial charge in [-0.3, -0.25) is 4.79 Å². The Morgan fingerprint density at radius 2 is 2.40 bits per heavy atom. The van der Waals surface area contributed by atoms with E-state index in [-0.39, 0.29) is 5.91 Å². The fraction of sp³-hybridized carbons (Fsp3) is 0.600. The van der Waals surface area contributed by atoms with E-state index >= 15 is 0 Å². The summed E-state index contributed by atoms with van der Waals surface area (Å²) in [4.78, 5) is 15.4. The van der Waals surface area contributed by atoms with Gasteiger partial charge < -0.3 is 11.1 Å². The molecule has 1 rings (SSSR count). The first kappa shape index (κ1) is 12.0. The molecule has 0 saturated carbocycles. The van der Waals surface area contributed by atoms with Crippen LogP contribution in [0.1, 0.15) is 26.0 Å². The molecule has 1 heterocycles. The van der Waals surface area contributed by atoms with Gasteiger partial charge in [-0.1, -0.05) is 13.8 Å². The second-order valence-corrected chi connectivity index (χ2v) is 4.76. The molecule has 0 atom stereocenters. The summed E-state index contributed by atoms with van der Waals surface area (Å²) < 4.78 is 0. The first-order valence-corrected chi connectivity index (χ1v) is 5.92. The summed E-state index contributed by atoms with van der Waals surface area (Å²) in [5, 5.41) is 5.36. The van der Waals surface area contributed by atoms with Crippen molar-refractivity contribution in [2.24, 2.45) is 5.92 Å². The number of aromatic nitrogens is 1. The Morgan fingerprint density at radius 1 is 1.67 bits per heavy atom. The topological polar surface area (TPSA) is 68.0 Å². The quantitative estimate of drug-likeness (QED) is 0.799. The van der Waals surface area contributed by atoms with E-state index in [1.165, 1.54) is 11.3 Å². The Balaban J connectivity index is 2.19. The molecular formula is C10H17N3OS. The lowest BCUT2D eigenvalue weighted by atomic mass is 10.1. The highest BCUT2D eigenvalue weighted by Gasteiger charge is 2.04. The number of carbonyl (C=O) groups excluding carboxylic acids is 1. The Hall–Kier alpha value is -1.10. The highest BCUT2D eigenvalue weighted by atomic mass is 32.1. The number of hydrogen-bond donors (Lipinski definition) is 2. The highest BCUT2D eigenvalue weighted by molar-refractivity contribution is 7.13. The molecule has 0 unspecified atom stereocenters. The maximum atomic E-state index is 11.3. The lowest BCUT2D eigenvalue weighted by Gasteiger charge is -2.05. The van der Waals surface area contributed by atoms with E-state index in [9.17, 15) is 4.79 Å². The highest BCUT2D eigenvalue weighted by Crippen LogP contribution is 2.10. The van der Waals surface area contributed by atoms with Crippen LogP contribution in [0.3, 0.4) is 0 Å². The first-order valence-electron chi connectivity index (χ1n) is 5.04. The zero-order chi connectivity index (χ0) is 11.3. The van der Waals surface area contributed by atoms with Gasteiger partial charge >= 0.3 is 0 Å². The van der Waals surface area contributed by atoms with Gasteiger partial charge in [0.2, 0.25) is 5.91 Å². The van der Waals surface area contributed by atoms with Crippen molar-refractivity contribution in [2.75, 3.05) is 12.3 Å². The van der Waals surface area contributed by atoms with Crippen molar-refractivity contribution < 1.29 is 4.79 Å². The number of nitrogens with zero attached hydrogens (tertiary/aromatic N) is 1. The SMILES string of the molecule is CC(C)CC(=O)NCCc1csc(N)n1. The van der Waals surface area contributed by atoms with Gasteiger partial charge in [-0.2, -0.15) is 0 Å². The van der Waals surface area contributed by atoms with Crippen molar-refractivity contribution in [3.63, 3.8) is 0 Å². The molecule has 84 valence electrons. The Morgan fingerprint density at radius 3 is 2.93 bits per heavy atom. The fourth-order valence-electron chi connectivity index (χ4n) is 1.21. The maximum absolute atomic E-state index is 11.3. The molecular weight excluding hydrogens is 210 g/mol. The van der Waals surface area contributed by atoms with Gasteiger partial charge in [0, 0.05) is 24.8 Å². The van der Waals surface area contributed by atoms with Crippen LogP contribution < -0.4 is 11.1 Å². The molecule has 3 N–H and O–H groups in total. The summed E-state index contributed by atoms with van der Waals surface area (Å²) in [5.74, 6) is 0.508. The predicted octanol–water partition coefficient (Wildman–Crippen LogP) is 1.43. The zero-order valence-corrected chi connectivity index (χ0v) is 9.93. The summed E-state index contributed by atoms with van der Waals surface area (Å²) in [6.07, 6.45) is 1.33. The number of anilines is 1. The van der Waals surface area contributed by atoms with E-state index < -0.39 is 0 Å². The molecule has 0 aliphatic carbocycles. The molecule has 0 radical (unpaired) electrons. The largest absolute Gasteiger partial charge is 0.375 e. The zero-order valence-electron chi connectivity index (χ0n) is 9.12. The van der Waals surface area contributed by atoms with Crippen LogP contribution in [0.15, 0.2) is 5.38 Å². The average Bonchev–Trinajstić information content (AvgIpc) is 2.50. The summed E-state index contributed by atoms with van der Waals surface area (Å²) >= 11 is 1.43. The molecule has 0 aromatic carbocycles. The number of hydrogen-bond acceptors (Lipinski definition) is 4. The minimum absolute atomic E-state index is 0.105. The van der Waals surface area contributed by atoms with Crippen LogP contribution in [-0.2, 0) is 11.2 Å². The molecule has 1 aromatic rings. The van der Waals surface area contributed by atoms with Crippen molar-refractivity contribution in [3.8, 4) is 0 Å². The molecule has 1 amide bonds. The second kappa shape index (κ2) is 5.70. The molecule has 4 nitrogen and oxygen atoms in total. The monoisotopic (exact) mass is 227 g/mol. The summed E-state index contributed by atoms with van der Waals surface area (Å²) in [7, 11) is 0. The van der Waals surface area contributed by atoms with Crippen LogP contribution in [0.5, 0.6) is 0 Å². The van der Waals surface area contributed by atoms with Gasteiger partial charge in [-0.25, -0.2) is 4.98 Å². The van der Waals surface area contributed by atoms with Crippen LogP contribution in [0.4, 0.5) is 5.13 Å². The summed E-state index contributed by atoms with van der Waals surface area (Å²) in [5.41, 5.74) is 6.44. The van der Waals surface area contributed by atoms with Crippen molar-refractivity contribution >= 4 is 22.4 Å². The Bertz CT molecular complexity index is 322. The normalized spacial score (nSPS) is 10.6. The number of thiazole rings is 1. The molecule has 0 bridgehead atoms. The van der Waals surface area contributed by atoms with Crippen molar-refractivity contribution in [3.05, 3.63) is 11.1 Å². The Kier molecular flexibility index (Phi) is 4.55. The van der Waals surface area contributed by atoms with Crippen molar-refractivity contribution in [1.29, 1.82) is 0 Å². The summed E-state index contributed by atoms with van der Waals surface area (Å²) in [6, 6.07) is 0. The molecule has 5 heteroatoms. The van der Waals surface area contributed by atoms with Crippen molar-refractivity contribution in [1.82, 2.24) is 10.3 Å². The van der Waals surface area contributed by atoms with Gasteiger partial charge in [0.05, 0.1) is 5.69 Å².